The number of benzene rings is 1. The van der Waals surface area contributed by atoms with Crippen LogP contribution in [0.3, 0.4) is 0 Å². The van der Waals surface area contributed by atoms with E-state index >= 15 is 0 Å². The predicted octanol–water partition coefficient (Wildman–Crippen LogP) is 6.33. The third kappa shape index (κ3) is 4.56. The maximum atomic E-state index is 6.38. The van der Waals surface area contributed by atoms with Crippen LogP contribution in [-0.2, 0) is 0 Å². The zero-order chi connectivity index (χ0) is 12.1. The van der Waals surface area contributed by atoms with Gasteiger partial charge in [0.25, 0.3) is 0 Å². The summed E-state index contributed by atoms with van der Waals surface area (Å²) in [6, 6.07) is 10.6. The number of halogens is 3. The van der Waals surface area contributed by atoms with Crippen molar-refractivity contribution in [3.8, 4) is 0 Å². The summed E-state index contributed by atoms with van der Waals surface area (Å²) >= 11 is 8.87. The summed E-state index contributed by atoms with van der Waals surface area (Å²) in [7, 11) is 0. The average Bonchev–Trinajstić information content (AvgIpc) is 2.82. The Morgan fingerprint density at radius 3 is 2.59 bits per heavy atom. The molecule has 0 spiro atoms. The molecule has 0 nitrogen and oxygen atoms in total. The van der Waals surface area contributed by atoms with Crippen LogP contribution in [0.2, 0.25) is 0 Å². The SMILES string of the molecule is Cl/C(=C\I(Br)c1ccccc1)CC1CCCC1. The molecule has 2 rings (SSSR count). The van der Waals surface area contributed by atoms with Crippen LogP contribution in [0, 0.1) is 9.49 Å². The Balaban J connectivity index is 1.93. The number of allylic oxidation sites excluding steroid dienone is 1. The summed E-state index contributed by atoms with van der Waals surface area (Å²) in [5.74, 6) is 0.839. The van der Waals surface area contributed by atoms with Crippen molar-refractivity contribution < 1.29 is 0 Å². The van der Waals surface area contributed by atoms with Gasteiger partial charge in [-0.2, -0.15) is 0 Å². The van der Waals surface area contributed by atoms with Gasteiger partial charge in [-0.05, 0) is 0 Å². The minimum atomic E-state index is -1.34. The van der Waals surface area contributed by atoms with E-state index in [-0.39, 0.29) is 0 Å². The quantitative estimate of drug-likeness (QED) is 0.492. The van der Waals surface area contributed by atoms with Crippen molar-refractivity contribution >= 4 is 41.9 Å². The molecule has 1 aliphatic carbocycles. The summed E-state index contributed by atoms with van der Waals surface area (Å²) < 4.78 is 3.71. The zero-order valence-electron chi connectivity index (χ0n) is 9.71. The van der Waals surface area contributed by atoms with Gasteiger partial charge < -0.3 is 0 Å². The van der Waals surface area contributed by atoms with Crippen molar-refractivity contribution in [1.82, 2.24) is 0 Å². The molecular formula is C14H17BrClI. The molecule has 1 fully saturated rings. The van der Waals surface area contributed by atoms with Gasteiger partial charge in [-0.1, -0.05) is 0 Å². The summed E-state index contributed by atoms with van der Waals surface area (Å²) in [4.78, 5) is 0. The van der Waals surface area contributed by atoms with Gasteiger partial charge in [-0.15, -0.1) is 0 Å². The van der Waals surface area contributed by atoms with E-state index in [2.05, 4.69) is 47.1 Å². The first kappa shape index (κ1) is 13.9. The second-order valence-electron chi connectivity index (χ2n) is 4.47. The van der Waals surface area contributed by atoms with Crippen molar-refractivity contribution in [3.05, 3.63) is 43.0 Å². The Labute approximate surface area is 122 Å². The fraction of sp³-hybridized carbons (Fsp3) is 0.429. The predicted molar refractivity (Wildman–Crippen MR) is 88.6 cm³/mol. The fourth-order valence-electron chi connectivity index (χ4n) is 2.24. The molecule has 1 aromatic rings. The first-order valence-corrected chi connectivity index (χ1v) is 13.6. The van der Waals surface area contributed by atoms with Gasteiger partial charge in [0.05, 0.1) is 0 Å². The monoisotopic (exact) mass is 426 g/mol. The molecular weight excluding hydrogens is 410 g/mol. The Bertz CT molecular complexity index is 371. The molecule has 0 heterocycles. The van der Waals surface area contributed by atoms with Crippen LogP contribution in [0.1, 0.15) is 32.1 Å². The standard InChI is InChI=1S/C14H17BrClI/c15-17(14-8-2-1-3-9-14)11-13(16)10-12-6-4-5-7-12/h1-3,8-9,11-12H,4-7,10H2/b13-11-. The molecule has 0 unspecified atom stereocenters. The van der Waals surface area contributed by atoms with Crippen LogP contribution >= 0.6 is 41.9 Å². The Morgan fingerprint density at radius 2 is 1.94 bits per heavy atom. The third-order valence-corrected chi connectivity index (χ3v) is 10.4. The minimum absolute atomic E-state index is 0.839. The van der Waals surface area contributed by atoms with Gasteiger partial charge in [-0.25, -0.2) is 0 Å². The van der Waals surface area contributed by atoms with Crippen molar-refractivity contribution in [2.45, 2.75) is 32.1 Å². The number of rotatable bonds is 4. The first-order chi connectivity index (χ1) is 8.25. The summed E-state index contributed by atoms with van der Waals surface area (Å²) in [6.07, 6.45) is 6.61. The molecule has 0 aromatic heterocycles. The van der Waals surface area contributed by atoms with E-state index in [0.717, 1.165) is 17.4 Å². The van der Waals surface area contributed by atoms with Crippen LogP contribution in [0.15, 0.2) is 39.4 Å². The molecule has 1 aliphatic rings. The summed E-state index contributed by atoms with van der Waals surface area (Å²) in [6.45, 7) is 0. The molecule has 0 N–H and O–H groups in total. The van der Waals surface area contributed by atoms with Gasteiger partial charge in [0.15, 0.2) is 0 Å². The van der Waals surface area contributed by atoms with Crippen molar-refractivity contribution in [2.75, 3.05) is 0 Å². The second-order valence-corrected chi connectivity index (χ2v) is 12.7. The fourth-order valence-corrected chi connectivity index (χ4v) is 8.73. The van der Waals surface area contributed by atoms with Crippen molar-refractivity contribution in [1.29, 1.82) is 0 Å². The molecule has 94 valence electrons. The van der Waals surface area contributed by atoms with Gasteiger partial charge >= 0.3 is 123 Å². The van der Waals surface area contributed by atoms with E-state index in [0.29, 0.717) is 0 Å². The van der Waals surface area contributed by atoms with Gasteiger partial charge in [0.1, 0.15) is 0 Å². The van der Waals surface area contributed by atoms with Crippen molar-refractivity contribution in [3.63, 3.8) is 0 Å². The molecule has 0 bridgehead atoms. The summed E-state index contributed by atoms with van der Waals surface area (Å²) in [5.41, 5.74) is 0. The molecule has 0 atom stereocenters. The van der Waals surface area contributed by atoms with Gasteiger partial charge in [0, 0.05) is 0 Å². The van der Waals surface area contributed by atoms with E-state index in [1.807, 2.05) is 0 Å². The second kappa shape index (κ2) is 7.15. The molecule has 17 heavy (non-hydrogen) atoms. The summed E-state index contributed by atoms with van der Waals surface area (Å²) in [5, 5.41) is 1.07. The molecule has 0 amide bonds. The first-order valence-electron chi connectivity index (χ1n) is 6.02. The Hall–Kier alpha value is 0.460. The average molecular weight is 428 g/mol. The normalized spacial score (nSPS) is 18.5. The Morgan fingerprint density at radius 1 is 1.29 bits per heavy atom. The number of hydrogen-bond acceptors (Lipinski definition) is 0. The molecule has 1 saturated carbocycles. The Kier molecular flexibility index (Phi) is 5.84. The zero-order valence-corrected chi connectivity index (χ0v) is 14.2. The van der Waals surface area contributed by atoms with E-state index in [1.54, 1.807) is 0 Å². The molecule has 0 radical (unpaired) electrons. The topological polar surface area (TPSA) is 0 Å². The van der Waals surface area contributed by atoms with Gasteiger partial charge in [-0.3, -0.25) is 0 Å². The van der Waals surface area contributed by atoms with E-state index in [1.165, 1.54) is 29.3 Å². The van der Waals surface area contributed by atoms with Crippen LogP contribution in [0.5, 0.6) is 0 Å². The van der Waals surface area contributed by atoms with E-state index < -0.39 is 17.6 Å². The molecule has 3 heteroatoms. The van der Waals surface area contributed by atoms with Crippen LogP contribution in [0.4, 0.5) is 0 Å². The molecule has 1 aromatic carbocycles. The third-order valence-electron chi connectivity index (χ3n) is 3.11. The van der Waals surface area contributed by atoms with Crippen LogP contribution in [-0.4, -0.2) is 0 Å². The number of hydrogen-bond donors (Lipinski definition) is 0. The molecule has 0 aliphatic heterocycles. The van der Waals surface area contributed by atoms with E-state index in [9.17, 15) is 0 Å². The van der Waals surface area contributed by atoms with E-state index in [4.69, 9.17) is 11.6 Å². The van der Waals surface area contributed by atoms with Gasteiger partial charge in [0.2, 0.25) is 0 Å². The van der Waals surface area contributed by atoms with Crippen LogP contribution < -0.4 is 0 Å². The maximum absolute atomic E-state index is 6.38. The molecule has 0 saturated heterocycles. The van der Waals surface area contributed by atoms with Crippen LogP contribution in [0.25, 0.3) is 0 Å². The van der Waals surface area contributed by atoms with Crippen molar-refractivity contribution in [2.24, 2.45) is 5.92 Å².